The standard InChI is InChI=1S/C15H10N6O/c16-9-12-4-1-2-7-14(12)18-15(22)11-5-3-6-13(8-11)21-10-17-19-20-21/h1-8,10H,(H,18,22). The summed E-state index contributed by atoms with van der Waals surface area (Å²) in [5.74, 6) is -0.308. The van der Waals surface area contributed by atoms with Crippen LogP contribution in [0.15, 0.2) is 54.9 Å². The first-order valence-corrected chi connectivity index (χ1v) is 6.42. The summed E-state index contributed by atoms with van der Waals surface area (Å²) in [5.41, 5.74) is 2.00. The zero-order valence-electron chi connectivity index (χ0n) is 11.3. The summed E-state index contributed by atoms with van der Waals surface area (Å²) in [4.78, 5) is 12.3. The lowest BCUT2D eigenvalue weighted by molar-refractivity contribution is 0.102. The van der Waals surface area contributed by atoms with Crippen molar-refractivity contribution in [1.29, 1.82) is 5.26 Å². The first-order valence-electron chi connectivity index (χ1n) is 6.42. The molecule has 106 valence electrons. The van der Waals surface area contributed by atoms with E-state index in [1.165, 1.54) is 11.0 Å². The summed E-state index contributed by atoms with van der Waals surface area (Å²) in [6.45, 7) is 0. The van der Waals surface area contributed by atoms with Crippen LogP contribution in [0.25, 0.3) is 5.69 Å². The zero-order chi connectivity index (χ0) is 15.4. The van der Waals surface area contributed by atoms with Gasteiger partial charge in [0.1, 0.15) is 12.4 Å². The lowest BCUT2D eigenvalue weighted by atomic mass is 10.1. The Morgan fingerprint density at radius 2 is 2.05 bits per heavy atom. The van der Waals surface area contributed by atoms with E-state index in [1.54, 1.807) is 48.5 Å². The number of benzene rings is 2. The second kappa shape index (κ2) is 5.85. The van der Waals surface area contributed by atoms with E-state index in [1.807, 2.05) is 6.07 Å². The minimum absolute atomic E-state index is 0.308. The Balaban J connectivity index is 1.87. The Bertz CT molecular complexity index is 850. The van der Waals surface area contributed by atoms with Crippen LogP contribution in [0.2, 0.25) is 0 Å². The highest BCUT2D eigenvalue weighted by Gasteiger charge is 2.10. The van der Waals surface area contributed by atoms with E-state index in [4.69, 9.17) is 5.26 Å². The molecular formula is C15H10N6O. The van der Waals surface area contributed by atoms with Gasteiger partial charge in [-0.1, -0.05) is 18.2 Å². The number of amides is 1. The van der Waals surface area contributed by atoms with Crippen LogP contribution < -0.4 is 5.32 Å². The van der Waals surface area contributed by atoms with E-state index in [0.717, 1.165) is 0 Å². The predicted octanol–water partition coefficient (Wildman–Crippen LogP) is 1.79. The molecule has 2 aromatic carbocycles. The SMILES string of the molecule is N#Cc1ccccc1NC(=O)c1cccc(-n2cnnn2)c1. The number of hydrogen-bond acceptors (Lipinski definition) is 5. The Morgan fingerprint density at radius 1 is 1.18 bits per heavy atom. The fourth-order valence-corrected chi connectivity index (χ4v) is 1.95. The molecule has 0 unspecified atom stereocenters. The van der Waals surface area contributed by atoms with Crippen LogP contribution >= 0.6 is 0 Å². The monoisotopic (exact) mass is 290 g/mol. The van der Waals surface area contributed by atoms with E-state index < -0.39 is 0 Å². The second-order valence-corrected chi connectivity index (χ2v) is 4.42. The van der Waals surface area contributed by atoms with Gasteiger partial charge in [-0.25, -0.2) is 4.68 Å². The molecule has 7 nitrogen and oxygen atoms in total. The van der Waals surface area contributed by atoms with Crippen molar-refractivity contribution < 1.29 is 4.79 Å². The molecule has 7 heteroatoms. The lowest BCUT2D eigenvalue weighted by Gasteiger charge is -2.08. The topological polar surface area (TPSA) is 96.5 Å². The Labute approximate surface area is 125 Å². The molecule has 0 aliphatic carbocycles. The summed E-state index contributed by atoms with van der Waals surface area (Å²) in [7, 11) is 0. The van der Waals surface area contributed by atoms with Crippen molar-refractivity contribution in [2.45, 2.75) is 0 Å². The number of rotatable bonds is 3. The molecule has 1 N–H and O–H groups in total. The molecule has 0 radical (unpaired) electrons. The van der Waals surface area contributed by atoms with Crippen molar-refractivity contribution >= 4 is 11.6 Å². The normalized spacial score (nSPS) is 9.95. The van der Waals surface area contributed by atoms with Gasteiger partial charge in [-0.2, -0.15) is 5.26 Å². The minimum atomic E-state index is -0.308. The molecule has 0 saturated carbocycles. The Morgan fingerprint density at radius 3 is 2.82 bits per heavy atom. The van der Waals surface area contributed by atoms with Crippen molar-refractivity contribution in [3.05, 3.63) is 66.0 Å². The van der Waals surface area contributed by atoms with E-state index in [0.29, 0.717) is 22.5 Å². The third-order valence-electron chi connectivity index (χ3n) is 3.02. The number of carbonyl (C=O) groups excluding carboxylic acids is 1. The predicted molar refractivity (Wildman–Crippen MR) is 78.3 cm³/mol. The number of nitrogens with zero attached hydrogens (tertiary/aromatic N) is 5. The van der Waals surface area contributed by atoms with Crippen molar-refractivity contribution in [3.8, 4) is 11.8 Å². The molecule has 0 aliphatic rings. The summed E-state index contributed by atoms with van der Waals surface area (Å²) < 4.78 is 1.46. The van der Waals surface area contributed by atoms with Crippen LogP contribution in [0.1, 0.15) is 15.9 Å². The molecule has 0 bridgehead atoms. The average molecular weight is 290 g/mol. The quantitative estimate of drug-likeness (QED) is 0.793. The lowest BCUT2D eigenvalue weighted by Crippen LogP contribution is -2.13. The summed E-state index contributed by atoms with van der Waals surface area (Å²) in [6.07, 6.45) is 1.45. The summed E-state index contributed by atoms with van der Waals surface area (Å²) >= 11 is 0. The van der Waals surface area contributed by atoms with Crippen molar-refractivity contribution in [1.82, 2.24) is 20.2 Å². The van der Waals surface area contributed by atoms with E-state index in [2.05, 4.69) is 20.8 Å². The van der Waals surface area contributed by atoms with E-state index in [-0.39, 0.29) is 5.91 Å². The minimum Gasteiger partial charge on any atom is -0.321 e. The van der Waals surface area contributed by atoms with Gasteiger partial charge in [0.25, 0.3) is 5.91 Å². The van der Waals surface area contributed by atoms with Crippen LogP contribution in [0.5, 0.6) is 0 Å². The van der Waals surface area contributed by atoms with Crippen molar-refractivity contribution in [2.24, 2.45) is 0 Å². The average Bonchev–Trinajstić information content (AvgIpc) is 3.10. The van der Waals surface area contributed by atoms with Gasteiger partial charge in [0.15, 0.2) is 0 Å². The number of carbonyl (C=O) groups is 1. The maximum absolute atomic E-state index is 12.3. The zero-order valence-corrected chi connectivity index (χ0v) is 11.3. The third-order valence-corrected chi connectivity index (χ3v) is 3.02. The molecule has 0 spiro atoms. The molecule has 0 fully saturated rings. The highest BCUT2D eigenvalue weighted by molar-refractivity contribution is 6.05. The second-order valence-electron chi connectivity index (χ2n) is 4.42. The smallest absolute Gasteiger partial charge is 0.255 e. The first kappa shape index (κ1) is 13.5. The molecular weight excluding hydrogens is 280 g/mol. The molecule has 1 aromatic heterocycles. The van der Waals surface area contributed by atoms with Gasteiger partial charge < -0.3 is 5.32 Å². The van der Waals surface area contributed by atoms with Crippen molar-refractivity contribution in [2.75, 3.05) is 5.32 Å². The molecule has 3 rings (SSSR count). The van der Waals surface area contributed by atoms with Gasteiger partial charge in [-0.05, 0) is 40.8 Å². The highest BCUT2D eigenvalue weighted by atomic mass is 16.1. The number of para-hydroxylation sites is 1. The summed E-state index contributed by atoms with van der Waals surface area (Å²) in [6, 6.07) is 15.7. The Kier molecular flexibility index (Phi) is 3.58. The number of hydrogen-bond donors (Lipinski definition) is 1. The fourth-order valence-electron chi connectivity index (χ4n) is 1.95. The number of nitriles is 1. The van der Waals surface area contributed by atoms with Gasteiger partial charge in [-0.15, -0.1) is 5.10 Å². The van der Waals surface area contributed by atoms with Crippen LogP contribution in [0.3, 0.4) is 0 Å². The molecule has 3 aromatic rings. The van der Waals surface area contributed by atoms with Gasteiger partial charge >= 0.3 is 0 Å². The highest BCUT2D eigenvalue weighted by Crippen LogP contribution is 2.16. The molecule has 0 atom stereocenters. The van der Waals surface area contributed by atoms with Crippen LogP contribution in [0.4, 0.5) is 5.69 Å². The fraction of sp³-hybridized carbons (Fsp3) is 0. The maximum Gasteiger partial charge on any atom is 0.255 e. The van der Waals surface area contributed by atoms with Crippen LogP contribution in [0, 0.1) is 11.3 Å². The molecule has 1 heterocycles. The summed E-state index contributed by atoms with van der Waals surface area (Å²) in [5, 5.41) is 22.7. The number of tetrazole rings is 1. The van der Waals surface area contributed by atoms with E-state index in [9.17, 15) is 4.79 Å². The first-order chi connectivity index (χ1) is 10.8. The van der Waals surface area contributed by atoms with Gasteiger partial charge in [-0.3, -0.25) is 4.79 Å². The number of anilines is 1. The van der Waals surface area contributed by atoms with Crippen LogP contribution in [-0.4, -0.2) is 26.1 Å². The maximum atomic E-state index is 12.3. The molecule has 22 heavy (non-hydrogen) atoms. The number of nitrogens with one attached hydrogen (secondary N) is 1. The van der Waals surface area contributed by atoms with Crippen molar-refractivity contribution in [3.63, 3.8) is 0 Å². The Hall–Kier alpha value is -3.53. The van der Waals surface area contributed by atoms with E-state index >= 15 is 0 Å². The molecule has 0 saturated heterocycles. The largest absolute Gasteiger partial charge is 0.321 e. The van der Waals surface area contributed by atoms with Gasteiger partial charge in [0, 0.05) is 5.56 Å². The number of aromatic nitrogens is 4. The van der Waals surface area contributed by atoms with Gasteiger partial charge in [0.2, 0.25) is 0 Å². The van der Waals surface area contributed by atoms with Crippen LogP contribution in [-0.2, 0) is 0 Å². The molecule has 0 aliphatic heterocycles. The molecule has 1 amide bonds. The third kappa shape index (κ3) is 2.66. The van der Waals surface area contributed by atoms with Gasteiger partial charge in [0.05, 0.1) is 16.9 Å².